The summed E-state index contributed by atoms with van der Waals surface area (Å²) in [6.07, 6.45) is 2.19. The van der Waals surface area contributed by atoms with Crippen molar-refractivity contribution < 1.29 is 13.2 Å². The summed E-state index contributed by atoms with van der Waals surface area (Å²) in [5.41, 5.74) is 1.06. The van der Waals surface area contributed by atoms with Gasteiger partial charge in [-0.05, 0) is 18.6 Å². The van der Waals surface area contributed by atoms with E-state index in [1.54, 1.807) is 25.4 Å². The third kappa shape index (κ3) is 3.14. The van der Waals surface area contributed by atoms with Gasteiger partial charge in [0.25, 0.3) is 0 Å². The van der Waals surface area contributed by atoms with Crippen LogP contribution in [-0.2, 0) is 10.0 Å². The predicted molar refractivity (Wildman–Crippen MR) is 76.0 cm³/mol. The van der Waals surface area contributed by atoms with Gasteiger partial charge in [0.05, 0.1) is 24.1 Å². The number of rotatable bonds is 5. The summed E-state index contributed by atoms with van der Waals surface area (Å²) in [5, 5.41) is 0.830. The molecule has 0 saturated carbocycles. The lowest BCUT2D eigenvalue weighted by Crippen LogP contribution is -2.16. The second kappa shape index (κ2) is 5.44. The van der Waals surface area contributed by atoms with Gasteiger partial charge in [-0.1, -0.05) is 13.0 Å². The number of pyridine rings is 1. The van der Waals surface area contributed by atoms with Crippen molar-refractivity contribution in [3.8, 4) is 5.75 Å². The highest BCUT2D eigenvalue weighted by atomic mass is 32.2. The Hall–Kier alpha value is -1.82. The van der Waals surface area contributed by atoms with Crippen molar-refractivity contribution >= 4 is 26.6 Å². The molecule has 1 N–H and O–H groups in total. The molecule has 0 aliphatic carbocycles. The van der Waals surface area contributed by atoms with Crippen molar-refractivity contribution in [3.63, 3.8) is 0 Å². The molecule has 1 aromatic carbocycles. The number of fused-ring (bicyclic) bond motifs is 1. The maximum Gasteiger partial charge on any atom is 0.232 e. The topological polar surface area (TPSA) is 68.3 Å². The van der Waals surface area contributed by atoms with Crippen LogP contribution in [-0.4, -0.2) is 26.3 Å². The first-order valence-electron chi connectivity index (χ1n) is 5.99. The molecule has 0 fully saturated rings. The maximum atomic E-state index is 11.9. The van der Waals surface area contributed by atoms with Crippen LogP contribution in [0, 0.1) is 0 Å². The third-order valence-electron chi connectivity index (χ3n) is 2.65. The highest BCUT2D eigenvalue weighted by Crippen LogP contribution is 2.28. The normalized spacial score (nSPS) is 11.5. The van der Waals surface area contributed by atoms with Crippen LogP contribution in [0.5, 0.6) is 5.75 Å². The molecule has 5 nitrogen and oxygen atoms in total. The highest BCUT2D eigenvalue weighted by Gasteiger charge is 2.13. The largest absolute Gasteiger partial charge is 0.497 e. The minimum absolute atomic E-state index is 0.0819. The van der Waals surface area contributed by atoms with Gasteiger partial charge < -0.3 is 4.74 Å². The average molecular weight is 280 g/mol. The summed E-state index contributed by atoms with van der Waals surface area (Å²) in [5.74, 6) is 0.674. The SMILES string of the molecule is CCCS(=O)(=O)Nc1cc(OC)cc2cccnc12. The van der Waals surface area contributed by atoms with E-state index in [9.17, 15) is 8.42 Å². The van der Waals surface area contributed by atoms with Gasteiger partial charge in [0.2, 0.25) is 10.0 Å². The van der Waals surface area contributed by atoms with Crippen molar-refractivity contribution in [3.05, 3.63) is 30.5 Å². The van der Waals surface area contributed by atoms with Gasteiger partial charge in [0.15, 0.2) is 0 Å². The molecular weight excluding hydrogens is 264 g/mol. The Labute approximate surface area is 112 Å². The summed E-state index contributed by atoms with van der Waals surface area (Å²) in [7, 11) is -1.80. The molecule has 0 radical (unpaired) electrons. The van der Waals surface area contributed by atoms with E-state index in [1.165, 1.54) is 0 Å². The Bertz CT molecular complexity index is 683. The lowest BCUT2D eigenvalue weighted by molar-refractivity contribution is 0.415. The maximum absolute atomic E-state index is 11.9. The van der Waals surface area contributed by atoms with Crippen LogP contribution in [0.25, 0.3) is 10.9 Å². The number of ether oxygens (including phenoxy) is 1. The van der Waals surface area contributed by atoms with Crippen LogP contribution >= 0.6 is 0 Å². The van der Waals surface area contributed by atoms with Gasteiger partial charge in [-0.15, -0.1) is 0 Å². The molecule has 0 bridgehead atoms. The quantitative estimate of drug-likeness (QED) is 0.913. The van der Waals surface area contributed by atoms with Crippen molar-refractivity contribution in [2.75, 3.05) is 17.6 Å². The molecule has 2 rings (SSSR count). The number of aromatic nitrogens is 1. The molecule has 0 atom stereocenters. The molecule has 0 aliphatic heterocycles. The van der Waals surface area contributed by atoms with Crippen molar-refractivity contribution in [1.29, 1.82) is 0 Å². The molecule has 0 amide bonds. The molecular formula is C13H16N2O3S. The number of hydrogen-bond acceptors (Lipinski definition) is 4. The van der Waals surface area contributed by atoms with Crippen LogP contribution in [0.1, 0.15) is 13.3 Å². The Morgan fingerprint density at radius 1 is 1.37 bits per heavy atom. The van der Waals surface area contributed by atoms with Crippen LogP contribution in [0.2, 0.25) is 0 Å². The Balaban J connectivity index is 2.52. The summed E-state index contributed by atoms with van der Waals surface area (Å²) in [6, 6.07) is 7.12. The van der Waals surface area contributed by atoms with Gasteiger partial charge in [0.1, 0.15) is 5.75 Å². The standard InChI is InChI=1S/C13H16N2O3S/c1-3-7-19(16,17)15-12-9-11(18-2)8-10-5-4-6-14-13(10)12/h4-6,8-9,15H,3,7H2,1-2H3. The van der Waals surface area contributed by atoms with E-state index in [0.29, 0.717) is 23.4 Å². The minimum Gasteiger partial charge on any atom is -0.497 e. The van der Waals surface area contributed by atoms with Crippen molar-refractivity contribution in [1.82, 2.24) is 4.98 Å². The van der Waals surface area contributed by atoms with E-state index in [-0.39, 0.29) is 5.75 Å². The Morgan fingerprint density at radius 3 is 2.84 bits per heavy atom. The van der Waals surface area contributed by atoms with Crippen LogP contribution in [0.15, 0.2) is 30.5 Å². The van der Waals surface area contributed by atoms with Gasteiger partial charge in [-0.2, -0.15) is 0 Å². The first-order valence-corrected chi connectivity index (χ1v) is 7.64. The molecule has 6 heteroatoms. The number of methoxy groups -OCH3 is 1. The fourth-order valence-corrected chi connectivity index (χ4v) is 2.98. The third-order valence-corrected chi connectivity index (χ3v) is 4.13. The number of nitrogens with one attached hydrogen (secondary N) is 1. The molecule has 2 aromatic rings. The molecule has 102 valence electrons. The van der Waals surface area contributed by atoms with Crippen LogP contribution < -0.4 is 9.46 Å². The van der Waals surface area contributed by atoms with E-state index < -0.39 is 10.0 Å². The first kappa shape index (κ1) is 13.6. The van der Waals surface area contributed by atoms with Gasteiger partial charge in [-0.25, -0.2) is 8.42 Å². The summed E-state index contributed by atoms with van der Waals surface area (Å²) >= 11 is 0. The van der Waals surface area contributed by atoms with Crippen LogP contribution in [0.3, 0.4) is 0 Å². The van der Waals surface area contributed by atoms with Crippen molar-refractivity contribution in [2.24, 2.45) is 0 Å². The average Bonchev–Trinajstić information content (AvgIpc) is 2.38. The summed E-state index contributed by atoms with van der Waals surface area (Å²) in [4.78, 5) is 4.22. The lowest BCUT2D eigenvalue weighted by Gasteiger charge is -2.11. The monoisotopic (exact) mass is 280 g/mol. The first-order chi connectivity index (χ1) is 9.05. The van der Waals surface area contributed by atoms with E-state index in [0.717, 1.165) is 5.39 Å². The molecule has 19 heavy (non-hydrogen) atoms. The summed E-state index contributed by atoms with van der Waals surface area (Å²) in [6.45, 7) is 1.82. The zero-order valence-corrected chi connectivity index (χ0v) is 11.7. The zero-order valence-electron chi connectivity index (χ0n) is 10.9. The molecule has 0 aliphatic rings. The number of benzene rings is 1. The number of sulfonamides is 1. The number of anilines is 1. The smallest absolute Gasteiger partial charge is 0.232 e. The molecule has 1 aromatic heterocycles. The number of nitrogens with zero attached hydrogens (tertiary/aromatic N) is 1. The van der Waals surface area contributed by atoms with E-state index >= 15 is 0 Å². The fraction of sp³-hybridized carbons (Fsp3) is 0.308. The molecule has 0 unspecified atom stereocenters. The second-order valence-electron chi connectivity index (χ2n) is 4.17. The van der Waals surface area contributed by atoms with E-state index in [2.05, 4.69) is 9.71 Å². The van der Waals surface area contributed by atoms with Gasteiger partial charge in [-0.3, -0.25) is 9.71 Å². The Morgan fingerprint density at radius 2 is 2.16 bits per heavy atom. The fourth-order valence-electron chi connectivity index (χ4n) is 1.85. The Kier molecular flexibility index (Phi) is 3.90. The van der Waals surface area contributed by atoms with E-state index in [4.69, 9.17) is 4.74 Å². The minimum atomic E-state index is -3.35. The highest BCUT2D eigenvalue weighted by molar-refractivity contribution is 7.92. The number of hydrogen-bond donors (Lipinski definition) is 1. The van der Waals surface area contributed by atoms with E-state index in [1.807, 2.05) is 19.1 Å². The van der Waals surface area contributed by atoms with Gasteiger partial charge >= 0.3 is 0 Å². The lowest BCUT2D eigenvalue weighted by atomic mass is 10.2. The molecule has 0 spiro atoms. The summed E-state index contributed by atoms with van der Waals surface area (Å²) < 4.78 is 31.5. The van der Waals surface area contributed by atoms with Crippen molar-refractivity contribution in [2.45, 2.75) is 13.3 Å². The molecule has 1 heterocycles. The second-order valence-corrected chi connectivity index (χ2v) is 6.01. The van der Waals surface area contributed by atoms with Gasteiger partial charge in [0, 0.05) is 17.6 Å². The molecule has 0 saturated heterocycles. The predicted octanol–water partition coefficient (Wildman–Crippen LogP) is 2.40. The zero-order chi connectivity index (χ0) is 13.9. The van der Waals surface area contributed by atoms with Crippen LogP contribution in [0.4, 0.5) is 5.69 Å².